The smallest absolute Gasteiger partial charge is 0.407 e. The summed E-state index contributed by atoms with van der Waals surface area (Å²) in [5.41, 5.74) is 0.660. The predicted octanol–water partition coefficient (Wildman–Crippen LogP) is 3.55. The molecule has 2 unspecified atom stereocenters. The van der Waals surface area contributed by atoms with Crippen molar-refractivity contribution in [2.75, 3.05) is 13.1 Å². The number of nitrogens with one attached hydrogen (secondary N) is 2. The molecule has 1 amide bonds. The zero-order valence-electron chi connectivity index (χ0n) is 20.3. The molecule has 1 aromatic carbocycles. The van der Waals surface area contributed by atoms with E-state index in [9.17, 15) is 4.79 Å². The van der Waals surface area contributed by atoms with E-state index in [0.29, 0.717) is 13.1 Å². The van der Waals surface area contributed by atoms with Gasteiger partial charge in [-0.15, -0.1) is 34.2 Å². The number of aryl methyl sites for hydroxylation is 1. The van der Waals surface area contributed by atoms with E-state index in [1.165, 1.54) is 5.56 Å². The van der Waals surface area contributed by atoms with Crippen molar-refractivity contribution in [1.82, 2.24) is 30.3 Å². The topological polar surface area (TPSA) is 96.7 Å². The number of nitrogens with zero attached hydrogens (tertiary/aromatic N) is 5. The van der Waals surface area contributed by atoms with Gasteiger partial charge in [0.05, 0.1) is 12.1 Å². The molecule has 0 bridgehead atoms. The van der Waals surface area contributed by atoms with Crippen molar-refractivity contribution in [2.24, 2.45) is 12.0 Å². The van der Waals surface area contributed by atoms with Gasteiger partial charge in [-0.3, -0.25) is 0 Å². The first-order valence-electron chi connectivity index (χ1n) is 11.1. The van der Waals surface area contributed by atoms with Crippen LogP contribution in [-0.2, 0) is 18.3 Å². The SMILES string of the molecule is Cc1nnc(CN=C(NC(C)c2ccccc2)N2CCC(NC(=O)OC(C)(C)C)C2)n1C.I. The Bertz CT molecular complexity index is 940. The first kappa shape index (κ1) is 26.9. The van der Waals surface area contributed by atoms with Crippen LogP contribution in [0.5, 0.6) is 0 Å². The first-order chi connectivity index (χ1) is 15.1. The molecule has 33 heavy (non-hydrogen) atoms. The molecular weight excluding hydrogens is 533 g/mol. The lowest BCUT2D eigenvalue weighted by atomic mass is 10.1. The number of benzene rings is 1. The van der Waals surface area contributed by atoms with E-state index in [4.69, 9.17) is 9.73 Å². The number of aromatic nitrogens is 3. The minimum Gasteiger partial charge on any atom is -0.444 e. The maximum absolute atomic E-state index is 12.2. The maximum Gasteiger partial charge on any atom is 0.407 e. The molecular formula is C23H36IN7O2. The Morgan fingerprint density at radius 2 is 1.97 bits per heavy atom. The lowest BCUT2D eigenvalue weighted by Gasteiger charge is -2.26. The fourth-order valence-corrected chi connectivity index (χ4v) is 3.53. The maximum atomic E-state index is 12.2. The highest BCUT2D eigenvalue weighted by Crippen LogP contribution is 2.16. The number of carbonyl (C=O) groups is 1. The summed E-state index contributed by atoms with van der Waals surface area (Å²) in [6.07, 6.45) is 0.436. The Hall–Kier alpha value is -2.37. The Kier molecular flexibility index (Phi) is 9.50. The number of amides is 1. The average molecular weight is 569 g/mol. The van der Waals surface area contributed by atoms with Crippen molar-refractivity contribution in [3.63, 3.8) is 0 Å². The highest BCUT2D eigenvalue weighted by molar-refractivity contribution is 14.0. The number of alkyl carbamates (subject to hydrolysis) is 1. The molecule has 2 atom stereocenters. The summed E-state index contributed by atoms with van der Waals surface area (Å²) in [5, 5.41) is 14.9. The molecule has 1 saturated heterocycles. The molecule has 10 heteroatoms. The van der Waals surface area contributed by atoms with E-state index < -0.39 is 5.60 Å². The second kappa shape index (κ2) is 11.7. The molecule has 2 heterocycles. The van der Waals surface area contributed by atoms with Crippen LogP contribution in [0.25, 0.3) is 0 Å². The van der Waals surface area contributed by atoms with Gasteiger partial charge in [-0.2, -0.15) is 0 Å². The standard InChI is InChI=1S/C23H35N7O2.HI/c1-16(18-10-8-7-9-11-18)25-21(24-14-20-28-27-17(2)29(20)6)30-13-12-19(15-30)26-22(31)32-23(3,4)5;/h7-11,16,19H,12-15H2,1-6H3,(H,24,25)(H,26,31);1H. The van der Waals surface area contributed by atoms with E-state index in [0.717, 1.165) is 30.6 Å². The van der Waals surface area contributed by atoms with Gasteiger partial charge < -0.3 is 24.8 Å². The number of rotatable bonds is 5. The van der Waals surface area contributed by atoms with Gasteiger partial charge in [0, 0.05) is 20.1 Å². The van der Waals surface area contributed by atoms with Gasteiger partial charge in [-0.05, 0) is 46.6 Å². The van der Waals surface area contributed by atoms with Gasteiger partial charge in [-0.25, -0.2) is 9.79 Å². The Morgan fingerprint density at radius 3 is 2.58 bits per heavy atom. The monoisotopic (exact) mass is 569 g/mol. The molecule has 2 N–H and O–H groups in total. The largest absolute Gasteiger partial charge is 0.444 e. The van der Waals surface area contributed by atoms with Crippen LogP contribution in [0.3, 0.4) is 0 Å². The van der Waals surface area contributed by atoms with Crippen LogP contribution in [-0.4, -0.2) is 56.4 Å². The molecule has 0 aliphatic carbocycles. The highest BCUT2D eigenvalue weighted by Gasteiger charge is 2.28. The van der Waals surface area contributed by atoms with E-state index in [2.05, 4.69) is 44.8 Å². The fraction of sp³-hybridized carbons (Fsp3) is 0.565. The van der Waals surface area contributed by atoms with Crippen LogP contribution >= 0.6 is 24.0 Å². The van der Waals surface area contributed by atoms with Crippen LogP contribution in [0.4, 0.5) is 4.79 Å². The van der Waals surface area contributed by atoms with E-state index in [1.54, 1.807) is 0 Å². The van der Waals surface area contributed by atoms with Crippen LogP contribution in [0, 0.1) is 6.92 Å². The minimum absolute atomic E-state index is 0. The summed E-state index contributed by atoms with van der Waals surface area (Å²) in [7, 11) is 1.94. The van der Waals surface area contributed by atoms with Crippen LogP contribution in [0.15, 0.2) is 35.3 Å². The Labute approximate surface area is 213 Å². The molecule has 1 fully saturated rings. The highest BCUT2D eigenvalue weighted by atomic mass is 127. The van der Waals surface area contributed by atoms with E-state index in [1.807, 2.05) is 57.5 Å². The van der Waals surface area contributed by atoms with Crippen molar-refractivity contribution in [3.05, 3.63) is 47.5 Å². The van der Waals surface area contributed by atoms with Gasteiger partial charge in [0.1, 0.15) is 18.0 Å². The molecule has 9 nitrogen and oxygen atoms in total. The lowest BCUT2D eigenvalue weighted by molar-refractivity contribution is 0.0507. The summed E-state index contributed by atoms with van der Waals surface area (Å²) in [5.74, 6) is 2.44. The predicted molar refractivity (Wildman–Crippen MR) is 140 cm³/mol. The van der Waals surface area contributed by atoms with Gasteiger partial charge in [-0.1, -0.05) is 30.3 Å². The van der Waals surface area contributed by atoms with Crippen molar-refractivity contribution < 1.29 is 9.53 Å². The number of guanidine groups is 1. The van der Waals surface area contributed by atoms with Crippen molar-refractivity contribution in [3.8, 4) is 0 Å². The number of aliphatic imine (C=N–C) groups is 1. The van der Waals surface area contributed by atoms with Crippen molar-refractivity contribution >= 4 is 36.0 Å². The zero-order chi connectivity index (χ0) is 23.3. The van der Waals surface area contributed by atoms with Gasteiger partial charge in [0.25, 0.3) is 0 Å². The summed E-state index contributed by atoms with van der Waals surface area (Å²) < 4.78 is 7.35. The quantitative estimate of drug-likeness (QED) is 0.325. The van der Waals surface area contributed by atoms with E-state index in [-0.39, 0.29) is 42.2 Å². The molecule has 0 radical (unpaired) electrons. The summed E-state index contributed by atoms with van der Waals surface area (Å²) >= 11 is 0. The van der Waals surface area contributed by atoms with Gasteiger partial charge in [0.2, 0.25) is 0 Å². The fourth-order valence-electron chi connectivity index (χ4n) is 3.53. The minimum atomic E-state index is -0.518. The number of carbonyl (C=O) groups excluding carboxylic acids is 1. The third kappa shape index (κ3) is 7.86. The number of halogens is 1. The zero-order valence-corrected chi connectivity index (χ0v) is 22.7. The molecule has 1 aromatic heterocycles. The Balaban J connectivity index is 0.00000385. The lowest BCUT2D eigenvalue weighted by Crippen LogP contribution is -2.44. The number of ether oxygens (including phenoxy) is 1. The van der Waals surface area contributed by atoms with Crippen LogP contribution in [0.1, 0.15) is 57.4 Å². The molecule has 0 saturated carbocycles. The molecule has 1 aliphatic heterocycles. The third-order valence-corrected chi connectivity index (χ3v) is 5.41. The third-order valence-electron chi connectivity index (χ3n) is 5.41. The molecule has 1 aliphatic rings. The summed E-state index contributed by atoms with van der Waals surface area (Å²) in [4.78, 5) is 19.2. The molecule has 3 rings (SSSR count). The average Bonchev–Trinajstić information content (AvgIpc) is 3.31. The van der Waals surface area contributed by atoms with Crippen LogP contribution in [0.2, 0.25) is 0 Å². The summed E-state index contributed by atoms with van der Waals surface area (Å²) in [6.45, 7) is 11.5. The summed E-state index contributed by atoms with van der Waals surface area (Å²) in [6, 6.07) is 10.3. The number of hydrogen-bond acceptors (Lipinski definition) is 5. The normalized spacial score (nSPS) is 17.3. The van der Waals surface area contributed by atoms with Crippen molar-refractivity contribution in [2.45, 2.75) is 65.3 Å². The molecule has 0 spiro atoms. The number of likely N-dealkylation sites (tertiary alicyclic amines) is 1. The van der Waals surface area contributed by atoms with Gasteiger partial charge >= 0.3 is 6.09 Å². The van der Waals surface area contributed by atoms with Crippen molar-refractivity contribution in [1.29, 1.82) is 0 Å². The second-order valence-corrected chi connectivity index (χ2v) is 9.22. The molecule has 182 valence electrons. The first-order valence-corrected chi connectivity index (χ1v) is 11.1. The molecule has 2 aromatic rings. The second-order valence-electron chi connectivity index (χ2n) is 9.22. The van der Waals surface area contributed by atoms with E-state index >= 15 is 0 Å². The Morgan fingerprint density at radius 1 is 1.27 bits per heavy atom. The number of hydrogen-bond donors (Lipinski definition) is 2. The van der Waals surface area contributed by atoms with Crippen LogP contribution < -0.4 is 10.6 Å². The van der Waals surface area contributed by atoms with Gasteiger partial charge in [0.15, 0.2) is 11.8 Å².